The Kier molecular flexibility index (Phi) is 28.6. The lowest BCUT2D eigenvalue weighted by Gasteiger charge is -2.41. The van der Waals surface area contributed by atoms with E-state index in [1.165, 1.54) is 83.5 Å². The zero-order valence-corrected chi connectivity index (χ0v) is 33.1. The van der Waals surface area contributed by atoms with Gasteiger partial charge >= 0.3 is 10.4 Å². The number of nitrogens with one attached hydrogen (secondary N) is 1. The summed E-state index contributed by atoms with van der Waals surface area (Å²) in [6.07, 6.45) is 16.4. The number of rotatable bonds is 34. The Morgan fingerprint density at radius 3 is 1.54 bits per heavy atom. The van der Waals surface area contributed by atoms with Gasteiger partial charge in [-0.15, -0.1) is 0 Å². The molecule has 1 amide bonds. The average molecular weight is 770 g/mol. The van der Waals surface area contributed by atoms with Gasteiger partial charge in [0.15, 0.2) is 6.29 Å². The molecule has 1 fully saturated rings. The van der Waals surface area contributed by atoms with Crippen LogP contribution in [0.2, 0.25) is 0 Å². The fourth-order valence-corrected chi connectivity index (χ4v) is 7.21. The average Bonchev–Trinajstić information content (AvgIpc) is 3.11. The Morgan fingerprint density at radius 1 is 0.692 bits per heavy atom. The number of hydrogen-bond donors (Lipinski definition) is 7. The van der Waals surface area contributed by atoms with E-state index in [1.54, 1.807) is 0 Å². The van der Waals surface area contributed by atoms with Gasteiger partial charge in [-0.05, 0) is 12.8 Å². The summed E-state index contributed by atoms with van der Waals surface area (Å²) in [7, 11) is -5.10. The molecule has 0 aromatic heterocycles. The summed E-state index contributed by atoms with van der Waals surface area (Å²) < 4.78 is 47.2. The zero-order chi connectivity index (χ0) is 38.6. The van der Waals surface area contributed by atoms with Gasteiger partial charge in [-0.3, -0.25) is 9.35 Å². The van der Waals surface area contributed by atoms with Crippen LogP contribution in [0.3, 0.4) is 0 Å². The Bertz CT molecular complexity index is 974. The molecule has 0 saturated carbocycles. The molecular weight excluding hydrogens is 694 g/mol. The van der Waals surface area contributed by atoms with Crippen LogP contribution in [0.1, 0.15) is 174 Å². The number of aliphatic hydroxyl groups excluding tert-OH is 5. The highest BCUT2D eigenvalue weighted by molar-refractivity contribution is 7.80. The Balaban J connectivity index is 2.49. The van der Waals surface area contributed by atoms with Gasteiger partial charge in [-0.2, -0.15) is 8.42 Å². The van der Waals surface area contributed by atoms with E-state index in [0.717, 1.165) is 51.4 Å². The van der Waals surface area contributed by atoms with E-state index in [-0.39, 0.29) is 6.42 Å². The number of ether oxygens (including phenoxy) is 2. The fourth-order valence-electron chi connectivity index (χ4n) is 6.70. The standard InChI is InChI=1S/C38H75NO12S/c1-3-5-7-9-11-12-13-14-15-16-17-18-19-20-21-23-25-27-32(42)37(45)39-30(31(41)26-24-22-10-8-6-4-2)29-49-38-35(44)36(51-52(46,47)48)34(43)33(28-40)50-38/h30-36,38,40-44H,3-29H2,1-2H3,(H,39,45)(H,46,47,48). The van der Waals surface area contributed by atoms with Crippen molar-refractivity contribution in [2.75, 3.05) is 13.2 Å². The van der Waals surface area contributed by atoms with Crippen molar-refractivity contribution < 1.29 is 57.0 Å². The van der Waals surface area contributed by atoms with Crippen LogP contribution in [0.15, 0.2) is 0 Å². The molecule has 0 bridgehead atoms. The lowest BCUT2D eigenvalue weighted by Crippen LogP contribution is -2.61. The molecule has 7 N–H and O–H groups in total. The molecule has 1 saturated heterocycles. The maximum atomic E-state index is 13.0. The first-order chi connectivity index (χ1) is 24.9. The lowest BCUT2D eigenvalue weighted by molar-refractivity contribution is -0.298. The minimum atomic E-state index is -5.10. The highest BCUT2D eigenvalue weighted by Crippen LogP contribution is 2.26. The van der Waals surface area contributed by atoms with Crippen molar-refractivity contribution in [1.82, 2.24) is 5.32 Å². The molecule has 52 heavy (non-hydrogen) atoms. The van der Waals surface area contributed by atoms with E-state index in [2.05, 4.69) is 23.3 Å². The number of aliphatic hydroxyl groups is 5. The molecule has 1 aliphatic rings. The molecule has 310 valence electrons. The lowest BCUT2D eigenvalue weighted by atomic mass is 9.99. The number of amides is 1. The van der Waals surface area contributed by atoms with E-state index < -0.39 is 78.5 Å². The molecule has 0 aliphatic carbocycles. The van der Waals surface area contributed by atoms with Crippen molar-refractivity contribution in [2.24, 2.45) is 0 Å². The molecular formula is C38H75NO12S. The Morgan fingerprint density at radius 2 is 1.12 bits per heavy atom. The van der Waals surface area contributed by atoms with Crippen LogP contribution in [0.5, 0.6) is 0 Å². The van der Waals surface area contributed by atoms with Crippen molar-refractivity contribution in [1.29, 1.82) is 0 Å². The molecule has 8 unspecified atom stereocenters. The second-order valence-corrected chi connectivity index (χ2v) is 15.8. The molecule has 8 atom stereocenters. The van der Waals surface area contributed by atoms with Gasteiger partial charge in [-0.25, -0.2) is 4.18 Å². The Labute approximate surface area is 314 Å². The molecule has 0 spiro atoms. The third-order valence-corrected chi connectivity index (χ3v) is 10.5. The van der Waals surface area contributed by atoms with Crippen LogP contribution in [-0.2, 0) is 28.9 Å². The molecule has 0 aromatic rings. The van der Waals surface area contributed by atoms with E-state index in [0.29, 0.717) is 19.3 Å². The van der Waals surface area contributed by atoms with Gasteiger partial charge in [0.05, 0.1) is 25.4 Å². The first-order valence-corrected chi connectivity index (χ1v) is 21.9. The van der Waals surface area contributed by atoms with Crippen LogP contribution in [0.25, 0.3) is 0 Å². The van der Waals surface area contributed by atoms with Gasteiger partial charge in [0.2, 0.25) is 5.91 Å². The number of unbranched alkanes of at least 4 members (excludes halogenated alkanes) is 21. The predicted molar refractivity (Wildman–Crippen MR) is 201 cm³/mol. The highest BCUT2D eigenvalue weighted by atomic mass is 32.3. The second-order valence-electron chi connectivity index (χ2n) is 14.7. The monoisotopic (exact) mass is 770 g/mol. The molecule has 1 aliphatic heterocycles. The Hall–Kier alpha value is -0.940. The summed E-state index contributed by atoms with van der Waals surface area (Å²) >= 11 is 0. The van der Waals surface area contributed by atoms with Gasteiger partial charge in [0.1, 0.15) is 30.5 Å². The van der Waals surface area contributed by atoms with Gasteiger partial charge < -0.3 is 40.3 Å². The zero-order valence-electron chi connectivity index (χ0n) is 32.3. The van der Waals surface area contributed by atoms with Crippen molar-refractivity contribution in [2.45, 2.75) is 223 Å². The van der Waals surface area contributed by atoms with Crippen LogP contribution >= 0.6 is 0 Å². The third kappa shape index (κ3) is 23.1. The molecule has 0 aromatic carbocycles. The van der Waals surface area contributed by atoms with Crippen molar-refractivity contribution in [3.05, 3.63) is 0 Å². The second kappa shape index (κ2) is 30.3. The van der Waals surface area contributed by atoms with Gasteiger partial charge in [-0.1, -0.05) is 162 Å². The topological polar surface area (TPSA) is 212 Å². The largest absolute Gasteiger partial charge is 0.397 e. The molecule has 1 rings (SSSR count). The molecule has 1 heterocycles. The van der Waals surface area contributed by atoms with Crippen molar-refractivity contribution in [3.63, 3.8) is 0 Å². The summed E-state index contributed by atoms with van der Waals surface area (Å²) in [6, 6.07) is -1.02. The SMILES string of the molecule is CCCCCCCCCCCCCCCCCCCC(O)C(=O)NC(COC1OC(CO)C(O)C(OS(=O)(=O)O)C1O)C(O)CCCCCCCC. The maximum Gasteiger partial charge on any atom is 0.397 e. The highest BCUT2D eigenvalue weighted by Gasteiger charge is 2.48. The number of hydrogen-bond acceptors (Lipinski definition) is 11. The van der Waals surface area contributed by atoms with Crippen molar-refractivity contribution >= 4 is 16.3 Å². The third-order valence-electron chi connectivity index (χ3n) is 10.0. The van der Waals surface area contributed by atoms with E-state index in [9.17, 15) is 38.7 Å². The maximum absolute atomic E-state index is 13.0. The number of carbonyl (C=O) groups is 1. The quantitative estimate of drug-likeness (QED) is 0.0314. The number of carbonyl (C=O) groups excluding carboxylic acids is 1. The van der Waals surface area contributed by atoms with Crippen LogP contribution in [0, 0.1) is 0 Å². The summed E-state index contributed by atoms with van der Waals surface area (Å²) in [5.41, 5.74) is 0. The summed E-state index contributed by atoms with van der Waals surface area (Å²) in [4.78, 5) is 13.0. The van der Waals surface area contributed by atoms with Crippen molar-refractivity contribution in [3.8, 4) is 0 Å². The van der Waals surface area contributed by atoms with E-state index >= 15 is 0 Å². The molecule has 0 radical (unpaired) electrons. The first kappa shape index (κ1) is 49.1. The van der Waals surface area contributed by atoms with E-state index in [1.807, 2.05) is 0 Å². The smallest absolute Gasteiger partial charge is 0.394 e. The summed E-state index contributed by atoms with van der Waals surface area (Å²) in [6.45, 7) is 3.18. The predicted octanol–water partition coefficient (Wildman–Crippen LogP) is 5.63. The minimum Gasteiger partial charge on any atom is -0.394 e. The van der Waals surface area contributed by atoms with Crippen LogP contribution < -0.4 is 5.32 Å². The van der Waals surface area contributed by atoms with Gasteiger partial charge in [0, 0.05) is 0 Å². The van der Waals surface area contributed by atoms with Crippen LogP contribution in [0.4, 0.5) is 0 Å². The first-order valence-electron chi connectivity index (χ1n) is 20.5. The summed E-state index contributed by atoms with van der Waals surface area (Å²) in [5, 5.41) is 54.8. The van der Waals surface area contributed by atoms with Gasteiger partial charge in [0.25, 0.3) is 0 Å². The fraction of sp³-hybridized carbons (Fsp3) is 0.974. The minimum absolute atomic E-state index is 0.265. The summed E-state index contributed by atoms with van der Waals surface area (Å²) in [5.74, 6) is -0.673. The molecule has 14 heteroatoms. The van der Waals surface area contributed by atoms with Crippen LogP contribution in [-0.4, -0.2) is 107 Å². The molecule has 13 nitrogen and oxygen atoms in total. The van der Waals surface area contributed by atoms with E-state index in [4.69, 9.17) is 14.0 Å². The normalized spacial score (nSPS) is 22.7.